The van der Waals surface area contributed by atoms with E-state index in [4.69, 9.17) is 4.98 Å². The second-order valence-electron chi connectivity index (χ2n) is 5.16. The normalized spacial score (nSPS) is 15.5. The summed E-state index contributed by atoms with van der Waals surface area (Å²) in [6.45, 7) is 6.77. The molecule has 0 amide bonds. The smallest absolute Gasteiger partial charge is 0.0441 e. The van der Waals surface area contributed by atoms with Crippen LogP contribution in [0.5, 0.6) is 0 Å². The van der Waals surface area contributed by atoms with Gasteiger partial charge in [0.25, 0.3) is 0 Å². The molecule has 1 nitrogen and oxygen atoms in total. The van der Waals surface area contributed by atoms with E-state index in [-0.39, 0.29) is 0 Å². The Hall–Kier alpha value is -0.850. The zero-order valence-electron chi connectivity index (χ0n) is 10.1. The molecule has 1 aromatic rings. The van der Waals surface area contributed by atoms with Gasteiger partial charge >= 0.3 is 0 Å². The Morgan fingerprint density at radius 1 is 1.27 bits per heavy atom. The molecule has 15 heavy (non-hydrogen) atoms. The second-order valence-corrected chi connectivity index (χ2v) is 5.16. The van der Waals surface area contributed by atoms with Gasteiger partial charge < -0.3 is 0 Å². The Bertz CT molecular complexity index is 353. The van der Waals surface area contributed by atoms with E-state index >= 15 is 0 Å². The molecule has 0 N–H and O–H groups in total. The van der Waals surface area contributed by atoms with Crippen LogP contribution in [0.2, 0.25) is 0 Å². The molecule has 1 aromatic heterocycles. The molecule has 1 aliphatic carbocycles. The van der Waals surface area contributed by atoms with Crippen LogP contribution in [0, 0.1) is 12.8 Å². The zero-order valence-corrected chi connectivity index (χ0v) is 10.1. The van der Waals surface area contributed by atoms with Crippen LogP contribution >= 0.6 is 0 Å². The summed E-state index contributed by atoms with van der Waals surface area (Å²) < 4.78 is 0. The van der Waals surface area contributed by atoms with E-state index in [9.17, 15) is 0 Å². The van der Waals surface area contributed by atoms with Crippen molar-refractivity contribution in [3.8, 4) is 0 Å². The van der Waals surface area contributed by atoms with Crippen molar-refractivity contribution in [1.82, 2.24) is 4.98 Å². The largest absolute Gasteiger partial charge is 0.258 e. The minimum absolute atomic E-state index is 0.707. The first-order chi connectivity index (χ1) is 7.16. The van der Waals surface area contributed by atoms with Gasteiger partial charge in [-0.2, -0.15) is 0 Å². The Kier molecular flexibility index (Phi) is 3.08. The van der Waals surface area contributed by atoms with Crippen molar-refractivity contribution >= 4 is 0 Å². The van der Waals surface area contributed by atoms with E-state index in [1.54, 1.807) is 0 Å². The van der Waals surface area contributed by atoms with Crippen LogP contribution in [0.1, 0.15) is 49.2 Å². The summed E-state index contributed by atoms with van der Waals surface area (Å²) in [5, 5.41) is 0. The highest BCUT2D eigenvalue weighted by Crippen LogP contribution is 2.24. The van der Waals surface area contributed by atoms with Crippen molar-refractivity contribution in [2.24, 2.45) is 5.92 Å². The highest BCUT2D eigenvalue weighted by molar-refractivity contribution is 5.33. The monoisotopic (exact) mass is 203 g/mol. The first-order valence-electron chi connectivity index (χ1n) is 6.15. The van der Waals surface area contributed by atoms with E-state index in [0.717, 1.165) is 6.42 Å². The average molecular weight is 203 g/mol. The van der Waals surface area contributed by atoms with Gasteiger partial charge in [-0.15, -0.1) is 0 Å². The molecule has 0 bridgehead atoms. The summed E-state index contributed by atoms with van der Waals surface area (Å²) in [4.78, 5) is 4.81. The van der Waals surface area contributed by atoms with Crippen LogP contribution in [0.3, 0.4) is 0 Å². The fraction of sp³-hybridized carbons (Fsp3) is 0.643. The van der Waals surface area contributed by atoms with Crippen molar-refractivity contribution in [2.75, 3.05) is 0 Å². The number of rotatable bonds is 2. The van der Waals surface area contributed by atoms with Crippen molar-refractivity contribution in [3.05, 3.63) is 28.6 Å². The predicted molar refractivity (Wildman–Crippen MR) is 64.2 cm³/mol. The number of aryl methyl sites for hydroxylation is 2. The van der Waals surface area contributed by atoms with Gasteiger partial charge in [0.05, 0.1) is 0 Å². The third kappa shape index (κ3) is 2.39. The molecule has 0 fully saturated rings. The van der Waals surface area contributed by atoms with Crippen molar-refractivity contribution in [3.63, 3.8) is 0 Å². The molecule has 1 heteroatoms. The molecule has 0 radical (unpaired) electrons. The number of hydrogen-bond acceptors (Lipinski definition) is 1. The first kappa shape index (κ1) is 10.7. The van der Waals surface area contributed by atoms with Gasteiger partial charge in [-0.1, -0.05) is 13.8 Å². The number of hydrogen-bond donors (Lipinski definition) is 0. The lowest BCUT2D eigenvalue weighted by Crippen LogP contribution is -2.10. The molecule has 2 rings (SSSR count). The minimum atomic E-state index is 0.707. The van der Waals surface area contributed by atoms with Crippen molar-refractivity contribution < 1.29 is 0 Å². The summed E-state index contributed by atoms with van der Waals surface area (Å²) in [6, 6.07) is 2.30. The van der Waals surface area contributed by atoms with Crippen molar-refractivity contribution in [2.45, 2.75) is 52.9 Å². The highest BCUT2D eigenvalue weighted by atomic mass is 14.7. The van der Waals surface area contributed by atoms with E-state index in [1.165, 1.54) is 48.2 Å². The molecule has 0 aromatic carbocycles. The molecular formula is C14H21N. The molecule has 0 saturated heterocycles. The maximum Gasteiger partial charge on any atom is 0.0441 e. The number of pyridine rings is 1. The lowest BCUT2D eigenvalue weighted by molar-refractivity contribution is 0.617. The third-order valence-electron chi connectivity index (χ3n) is 3.19. The molecule has 1 aliphatic rings. The Balaban J connectivity index is 2.32. The molecule has 82 valence electrons. The highest BCUT2D eigenvalue weighted by Gasteiger charge is 2.14. The zero-order chi connectivity index (χ0) is 10.8. The molecular weight excluding hydrogens is 182 g/mol. The fourth-order valence-corrected chi connectivity index (χ4v) is 2.50. The first-order valence-corrected chi connectivity index (χ1v) is 6.15. The van der Waals surface area contributed by atoms with Gasteiger partial charge in [0.15, 0.2) is 0 Å². The quantitative estimate of drug-likeness (QED) is 0.717. The van der Waals surface area contributed by atoms with E-state index in [1.807, 2.05) is 0 Å². The van der Waals surface area contributed by atoms with E-state index < -0.39 is 0 Å². The Morgan fingerprint density at radius 2 is 2.00 bits per heavy atom. The van der Waals surface area contributed by atoms with Gasteiger partial charge in [-0.25, -0.2) is 0 Å². The molecule has 0 unspecified atom stereocenters. The molecule has 1 heterocycles. The average Bonchev–Trinajstić information content (AvgIpc) is 2.16. The number of aromatic nitrogens is 1. The van der Waals surface area contributed by atoms with Gasteiger partial charge in [-0.3, -0.25) is 4.98 Å². The summed E-state index contributed by atoms with van der Waals surface area (Å²) in [5.74, 6) is 0.707. The van der Waals surface area contributed by atoms with Gasteiger partial charge in [0.1, 0.15) is 0 Å². The van der Waals surface area contributed by atoms with Crippen LogP contribution in [-0.4, -0.2) is 4.98 Å². The standard InChI is InChI=1S/C14H21N/c1-10(2)8-12-9-11(3)13-6-4-5-7-14(13)15-12/h9-10H,4-8H2,1-3H3. The summed E-state index contributed by atoms with van der Waals surface area (Å²) >= 11 is 0. The van der Waals surface area contributed by atoms with Crippen LogP contribution in [0.15, 0.2) is 6.07 Å². The third-order valence-corrected chi connectivity index (χ3v) is 3.19. The Morgan fingerprint density at radius 3 is 2.73 bits per heavy atom. The van der Waals surface area contributed by atoms with Crippen LogP contribution in [0.4, 0.5) is 0 Å². The van der Waals surface area contributed by atoms with Gasteiger partial charge in [0.2, 0.25) is 0 Å². The maximum atomic E-state index is 4.81. The van der Waals surface area contributed by atoms with E-state index in [0.29, 0.717) is 5.92 Å². The van der Waals surface area contributed by atoms with Gasteiger partial charge in [-0.05, 0) is 62.1 Å². The topological polar surface area (TPSA) is 12.9 Å². The van der Waals surface area contributed by atoms with Crippen molar-refractivity contribution in [1.29, 1.82) is 0 Å². The second kappa shape index (κ2) is 4.34. The summed E-state index contributed by atoms with van der Waals surface area (Å²) in [6.07, 6.45) is 6.23. The molecule has 0 aliphatic heterocycles. The number of nitrogens with zero attached hydrogens (tertiary/aromatic N) is 1. The summed E-state index contributed by atoms with van der Waals surface area (Å²) in [7, 11) is 0. The van der Waals surface area contributed by atoms with Crippen LogP contribution < -0.4 is 0 Å². The van der Waals surface area contributed by atoms with Crippen LogP contribution in [-0.2, 0) is 19.3 Å². The minimum Gasteiger partial charge on any atom is -0.258 e. The van der Waals surface area contributed by atoms with Crippen LogP contribution in [0.25, 0.3) is 0 Å². The Labute approximate surface area is 92.9 Å². The predicted octanol–water partition coefficient (Wildman–Crippen LogP) is 3.47. The van der Waals surface area contributed by atoms with E-state index in [2.05, 4.69) is 26.8 Å². The number of fused-ring (bicyclic) bond motifs is 1. The summed E-state index contributed by atoms with van der Waals surface area (Å²) in [5.41, 5.74) is 5.68. The van der Waals surface area contributed by atoms with Gasteiger partial charge in [0, 0.05) is 11.4 Å². The molecule has 0 atom stereocenters. The molecule has 0 saturated carbocycles. The lowest BCUT2D eigenvalue weighted by atomic mass is 9.91. The fourth-order valence-electron chi connectivity index (χ4n) is 2.50. The molecule has 0 spiro atoms. The SMILES string of the molecule is Cc1cc(CC(C)C)nc2c1CCCC2. The lowest BCUT2D eigenvalue weighted by Gasteiger charge is -2.18. The maximum absolute atomic E-state index is 4.81.